The van der Waals surface area contributed by atoms with E-state index < -0.39 is 0 Å². The summed E-state index contributed by atoms with van der Waals surface area (Å²) in [5.74, 6) is 0. The lowest BCUT2D eigenvalue weighted by atomic mass is 9.79. The van der Waals surface area contributed by atoms with Crippen LogP contribution in [0.1, 0.15) is 33.1 Å². The van der Waals surface area contributed by atoms with Crippen molar-refractivity contribution in [2.45, 2.75) is 38.0 Å². The topological polar surface area (TPSA) is 61.4 Å². The molecule has 0 heterocycles. The predicted octanol–water partition coefficient (Wildman–Crippen LogP) is 3.72. The van der Waals surface area contributed by atoms with E-state index in [2.05, 4.69) is 24.5 Å². The SMILES string of the molecule is CCC(CC)(CCO)CNC(=O)Nc1ccccc1SC. The third-order valence-corrected chi connectivity index (χ3v) is 4.92. The number of amides is 2. The van der Waals surface area contributed by atoms with Crippen LogP contribution in [0.2, 0.25) is 0 Å². The van der Waals surface area contributed by atoms with Gasteiger partial charge in [-0.2, -0.15) is 0 Å². The van der Waals surface area contributed by atoms with Crippen LogP contribution in [0.4, 0.5) is 10.5 Å². The molecule has 21 heavy (non-hydrogen) atoms. The van der Waals surface area contributed by atoms with Crippen LogP contribution in [0.3, 0.4) is 0 Å². The van der Waals surface area contributed by atoms with Crippen LogP contribution >= 0.6 is 11.8 Å². The standard InChI is InChI=1S/C16H26N2O2S/c1-4-16(5-2,10-11-19)12-17-15(20)18-13-8-6-7-9-14(13)21-3/h6-9,19H,4-5,10-12H2,1-3H3,(H2,17,18,20). The van der Waals surface area contributed by atoms with Gasteiger partial charge in [0, 0.05) is 18.0 Å². The Labute approximate surface area is 131 Å². The zero-order valence-electron chi connectivity index (χ0n) is 13.1. The van der Waals surface area contributed by atoms with Crippen LogP contribution in [0.25, 0.3) is 0 Å². The number of hydrogen-bond donors (Lipinski definition) is 3. The molecule has 4 nitrogen and oxygen atoms in total. The van der Waals surface area contributed by atoms with Crippen LogP contribution in [-0.4, -0.2) is 30.5 Å². The maximum absolute atomic E-state index is 12.1. The number of carbonyl (C=O) groups excluding carboxylic acids is 1. The lowest BCUT2D eigenvalue weighted by Crippen LogP contribution is -2.39. The number of anilines is 1. The summed E-state index contributed by atoms with van der Waals surface area (Å²) in [5.41, 5.74) is 0.800. The molecule has 5 heteroatoms. The van der Waals surface area contributed by atoms with E-state index in [0.29, 0.717) is 13.0 Å². The highest BCUT2D eigenvalue weighted by atomic mass is 32.2. The average molecular weight is 310 g/mol. The summed E-state index contributed by atoms with van der Waals surface area (Å²) in [6.07, 6.45) is 4.57. The molecule has 3 N–H and O–H groups in total. The molecule has 0 aliphatic carbocycles. The number of carbonyl (C=O) groups is 1. The number of hydrogen-bond acceptors (Lipinski definition) is 3. The van der Waals surface area contributed by atoms with Crippen LogP contribution in [-0.2, 0) is 0 Å². The number of thioether (sulfide) groups is 1. The van der Waals surface area contributed by atoms with E-state index in [4.69, 9.17) is 0 Å². The summed E-state index contributed by atoms with van der Waals surface area (Å²) in [6, 6.07) is 7.54. The molecule has 0 aromatic heterocycles. The first kappa shape index (κ1) is 17.9. The second kappa shape index (κ2) is 8.95. The van der Waals surface area contributed by atoms with Crippen molar-refractivity contribution in [3.05, 3.63) is 24.3 Å². The Kier molecular flexibility index (Phi) is 7.61. The van der Waals surface area contributed by atoms with Crippen molar-refractivity contribution >= 4 is 23.5 Å². The van der Waals surface area contributed by atoms with E-state index in [1.54, 1.807) is 11.8 Å². The van der Waals surface area contributed by atoms with Crippen molar-refractivity contribution in [1.82, 2.24) is 5.32 Å². The molecule has 118 valence electrons. The quantitative estimate of drug-likeness (QED) is 0.641. The molecule has 2 amide bonds. The number of nitrogens with one attached hydrogen (secondary N) is 2. The maximum Gasteiger partial charge on any atom is 0.319 e. The zero-order valence-corrected chi connectivity index (χ0v) is 13.9. The Morgan fingerprint density at radius 3 is 2.52 bits per heavy atom. The summed E-state index contributed by atoms with van der Waals surface area (Å²) in [6.45, 7) is 4.93. The third kappa shape index (κ3) is 5.25. The van der Waals surface area contributed by atoms with E-state index in [1.165, 1.54) is 0 Å². The van der Waals surface area contributed by atoms with Gasteiger partial charge >= 0.3 is 6.03 Å². The summed E-state index contributed by atoms with van der Waals surface area (Å²) >= 11 is 1.60. The molecule has 1 rings (SSSR count). The Hall–Kier alpha value is -1.20. The molecule has 0 aliphatic rings. The highest BCUT2D eigenvalue weighted by molar-refractivity contribution is 7.98. The molecule has 0 radical (unpaired) electrons. The minimum Gasteiger partial charge on any atom is -0.396 e. The number of aliphatic hydroxyl groups is 1. The molecule has 0 fully saturated rings. The van der Waals surface area contributed by atoms with E-state index in [1.807, 2.05) is 30.5 Å². The lowest BCUT2D eigenvalue weighted by Gasteiger charge is -2.31. The van der Waals surface area contributed by atoms with Crippen molar-refractivity contribution in [2.24, 2.45) is 5.41 Å². The van der Waals surface area contributed by atoms with Crippen molar-refractivity contribution in [3.63, 3.8) is 0 Å². The molecule has 0 aliphatic heterocycles. The summed E-state index contributed by atoms with van der Waals surface area (Å²) in [7, 11) is 0. The molecule has 0 spiro atoms. The van der Waals surface area contributed by atoms with E-state index in [9.17, 15) is 9.90 Å². The van der Waals surface area contributed by atoms with Crippen LogP contribution in [0.15, 0.2) is 29.2 Å². The van der Waals surface area contributed by atoms with Gasteiger partial charge in [-0.3, -0.25) is 0 Å². The maximum atomic E-state index is 12.1. The number of rotatable bonds is 8. The van der Waals surface area contributed by atoms with Gasteiger partial charge in [0.05, 0.1) is 5.69 Å². The van der Waals surface area contributed by atoms with Gasteiger partial charge in [0.15, 0.2) is 0 Å². The Morgan fingerprint density at radius 1 is 1.29 bits per heavy atom. The van der Waals surface area contributed by atoms with Crippen LogP contribution < -0.4 is 10.6 Å². The zero-order chi connectivity index (χ0) is 15.7. The fourth-order valence-electron chi connectivity index (χ4n) is 2.36. The normalized spacial score (nSPS) is 11.2. The highest BCUT2D eigenvalue weighted by Gasteiger charge is 2.26. The van der Waals surface area contributed by atoms with Gasteiger partial charge in [-0.25, -0.2) is 4.79 Å². The van der Waals surface area contributed by atoms with E-state index in [-0.39, 0.29) is 18.1 Å². The molecule has 0 saturated heterocycles. The van der Waals surface area contributed by atoms with Crippen molar-refractivity contribution < 1.29 is 9.90 Å². The van der Waals surface area contributed by atoms with Gasteiger partial charge in [-0.1, -0.05) is 26.0 Å². The molecule has 0 atom stereocenters. The predicted molar refractivity (Wildman–Crippen MR) is 90.0 cm³/mol. The number of para-hydroxylation sites is 1. The molecule has 0 saturated carbocycles. The molecule has 1 aromatic rings. The molecule has 0 bridgehead atoms. The molecular weight excluding hydrogens is 284 g/mol. The summed E-state index contributed by atoms with van der Waals surface area (Å²) in [5, 5.41) is 15.0. The average Bonchev–Trinajstić information content (AvgIpc) is 2.52. The summed E-state index contributed by atoms with van der Waals surface area (Å²) in [4.78, 5) is 13.1. The first-order chi connectivity index (χ1) is 10.1. The van der Waals surface area contributed by atoms with E-state index >= 15 is 0 Å². The molecule has 0 unspecified atom stereocenters. The smallest absolute Gasteiger partial charge is 0.319 e. The first-order valence-electron chi connectivity index (χ1n) is 7.39. The summed E-state index contributed by atoms with van der Waals surface area (Å²) < 4.78 is 0. The number of benzene rings is 1. The molecular formula is C16H26N2O2S. The fraction of sp³-hybridized carbons (Fsp3) is 0.562. The second-order valence-electron chi connectivity index (χ2n) is 5.19. The van der Waals surface area contributed by atoms with E-state index in [0.717, 1.165) is 23.4 Å². The van der Waals surface area contributed by atoms with Gasteiger partial charge in [0.25, 0.3) is 0 Å². The number of urea groups is 1. The minimum atomic E-state index is -0.194. The van der Waals surface area contributed by atoms with Crippen molar-refractivity contribution in [3.8, 4) is 0 Å². The largest absolute Gasteiger partial charge is 0.396 e. The van der Waals surface area contributed by atoms with Gasteiger partial charge in [0.1, 0.15) is 0 Å². The monoisotopic (exact) mass is 310 g/mol. The van der Waals surface area contributed by atoms with Crippen molar-refractivity contribution in [2.75, 3.05) is 24.7 Å². The minimum absolute atomic E-state index is 0.0227. The third-order valence-electron chi connectivity index (χ3n) is 4.12. The number of aliphatic hydroxyl groups excluding tert-OH is 1. The first-order valence-corrected chi connectivity index (χ1v) is 8.62. The second-order valence-corrected chi connectivity index (χ2v) is 6.04. The Morgan fingerprint density at radius 2 is 1.95 bits per heavy atom. The lowest BCUT2D eigenvalue weighted by molar-refractivity contribution is 0.165. The van der Waals surface area contributed by atoms with Gasteiger partial charge < -0.3 is 15.7 Å². The fourth-order valence-corrected chi connectivity index (χ4v) is 2.91. The van der Waals surface area contributed by atoms with Gasteiger partial charge in [-0.15, -0.1) is 11.8 Å². The van der Waals surface area contributed by atoms with Crippen molar-refractivity contribution in [1.29, 1.82) is 0 Å². The molecule has 1 aromatic carbocycles. The van der Waals surface area contributed by atoms with Gasteiger partial charge in [0.2, 0.25) is 0 Å². The van der Waals surface area contributed by atoms with Crippen LogP contribution in [0.5, 0.6) is 0 Å². The Balaban J connectivity index is 2.61. The van der Waals surface area contributed by atoms with Gasteiger partial charge in [-0.05, 0) is 43.1 Å². The van der Waals surface area contributed by atoms with Crippen LogP contribution in [0, 0.1) is 5.41 Å². The Bertz CT molecular complexity index is 448. The highest BCUT2D eigenvalue weighted by Crippen LogP contribution is 2.29.